The van der Waals surface area contributed by atoms with Crippen molar-refractivity contribution in [3.05, 3.63) is 48.0 Å². The van der Waals surface area contributed by atoms with Crippen molar-refractivity contribution in [1.82, 2.24) is 0 Å². The van der Waals surface area contributed by atoms with E-state index >= 15 is 0 Å². The van der Waals surface area contributed by atoms with E-state index in [0.717, 1.165) is 12.1 Å². The number of hydrogen-bond donors (Lipinski definition) is 1. The molecule has 0 aliphatic rings. The number of halogens is 3. The number of hydrogen-bond acceptors (Lipinski definition) is 4. The quantitative estimate of drug-likeness (QED) is 0.897. The molecular formula is C16H14F3NO4. The Kier molecular flexibility index (Phi) is 5.18. The van der Waals surface area contributed by atoms with E-state index in [9.17, 15) is 18.0 Å². The summed E-state index contributed by atoms with van der Waals surface area (Å²) in [5.41, 5.74) is 0.595. The lowest BCUT2D eigenvalue weighted by atomic mass is 10.1. The monoisotopic (exact) mass is 341 g/mol. The fourth-order valence-corrected chi connectivity index (χ4v) is 1.88. The van der Waals surface area contributed by atoms with Gasteiger partial charge in [0.25, 0.3) is 5.91 Å². The predicted octanol–water partition coefficient (Wildman–Crippen LogP) is 3.85. The molecule has 1 N–H and O–H groups in total. The van der Waals surface area contributed by atoms with E-state index in [1.165, 1.54) is 38.5 Å². The SMILES string of the molecule is COc1cc(OC)cc(C(=O)Nc2ccc(OC(F)(F)F)cc2)c1. The summed E-state index contributed by atoms with van der Waals surface area (Å²) in [7, 11) is 2.91. The zero-order valence-corrected chi connectivity index (χ0v) is 12.8. The van der Waals surface area contributed by atoms with Crippen LogP contribution in [0.4, 0.5) is 18.9 Å². The second-order valence-electron chi connectivity index (χ2n) is 4.63. The Morgan fingerprint density at radius 3 is 1.92 bits per heavy atom. The normalized spacial score (nSPS) is 10.9. The molecular weight excluding hydrogens is 327 g/mol. The number of carbonyl (C=O) groups excluding carboxylic acids is 1. The average molecular weight is 341 g/mol. The van der Waals surface area contributed by atoms with Gasteiger partial charge in [0.2, 0.25) is 0 Å². The van der Waals surface area contributed by atoms with Gasteiger partial charge in [0.05, 0.1) is 14.2 Å². The van der Waals surface area contributed by atoms with Gasteiger partial charge in [0.15, 0.2) is 0 Å². The van der Waals surface area contributed by atoms with Crippen LogP contribution < -0.4 is 19.5 Å². The first-order chi connectivity index (χ1) is 11.3. The fraction of sp³-hybridized carbons (Fsp3) is 0.188. The maximum absolute atomic E-state index is 12.2. The predicted molar refractivity (Wildman–Crippen MR) is 80.6 cm³/mol. The van der Waals surface area contributed by atoms with E-state index in [0.29, 0.717) is 17.2 Å². The average Bonchev–Trinajstić information content (AvgIpc) is 2.54. The molecule has 0 radical (unpaired) electrons. The molecule has 0 spiro atoms. The van der Waals surface area contributed by atoms with Gasteiger partial charge in [0, 0.05) is 17.3 Å². The van der Waals surface area contributed by atoms with Gasteiger partial charge in [-0.3, -0.25) is 4.79 Å². The van der Waals surface area contributed by atoms with Crippen molar-refractivity contribution in [3.8, 4) is 17.2 Å². The van der Waals surface area contributed by atoms with Crippen LogP contribution in [0.25, 0.3) is 0 Å². The van der Waals surface area contributed by atoms with Gasteiger partial charge in [-0.05, 0) is 36.4 Å². The summed E-state index contributed by atoms with van der Waals surface area (Å²) in [5.74, 6) is 0.0436. The Morgan fingerprint density at radius 2 is 1.46 bits per heavy atom. The first kappa shape index (κ1) is 17.5. The number of benzene rings is 2. The van der Waals surface area contributed by atoms with Crippen LogP contribution in [0.5, 0.6) is 17.2 Å². The standard InChI is InChI=1S/C16H14F3NO4/c1-22-13-7-10(8-14(9-13)23-2)15(21)20-11-3-5-12(6-4-11)24-16(17,18)19/h3-9H,1-2H3,(H,20,21). The van der Waals surface area contributed by atoms with Crippen LogP contribution in [0.15, 0.2) is 42.5 Å². The third kappa shape index (κ3) is 4.80. The first-order valence-electron chi connectivity index (χ1n) is 6.71. The van der Waals surface area contributed by atoms with Crippen LogP contribution in [0.1, 0.15) is 10.4 Å². The summed E-state index contributed by atoms with van der Waals surface area (Å²) in [6.07, 6.45) is -4.76. The van der Waals surface area contributed by atoms with Crippen LogP contribution in [0.2, 0.25) is 0 Å². The minimum absolute atomic E-state index is 0.279. The van der Waals surface area contributed by atoms with Crippen LogP contribution in [-0.4, -0.2) is 26.5 Å². The summed E-state index contributed by atoms with van der Waals surface area (Å²) in [6, 6.07) is 9.45. The van der Waals surface area contributed by atoms with Crippen LogP contribution in [0, 0.1) is 0 Å². The summed E-state index contributed by atoms with van der Waals surface area (Å²) in [5, 5.41) is 2.56. The molecule has 128 valence electrons. The number of ether oxygens (including phenoxy) is 3. The molecule has 0 aliphatic heterocycles. The maximum Gasteiger partial charge on any atom is 0.573 e. The molecule has 8 heteroatoms. The molecule has 2 aromatic rings. The highest BCUT2D eigenvalue weighted by atomic mass is 19.4. The largest absolute Gasteiger partial charge is 0.573 e. The third-order valence-corrected chi connectivity index (χ3v) is 2.96. The van der Waals surface area contributed by atoms with Crippen LogP contribution in [0.3, 0.4) is 0 Å². The van der Waals surface area contributed by atoms with Gasteiger partial charge in [-0.15, -0.1) is 13.2 Å². The number of alkyl halides is 3. The Morgan fingerprint density at radius 1 is 0.917 bits per heavy atom. The molecule has 0 aliphatic carbocycles. The summed E-state index contributed by atoms with van der Waals surface area (Å²) < 4.78 is 50.2. The molecule has 0 atom stereocenters. The van der Waals surface area contributed by atoms with Gasteiger partial charge >= 0.3 is 6.36 Å². The minimum atomic E-state index is -4.76. The van der Waals surface area contributed by atoms with E-state index in [-0.39, 0.29) is 11.3 Å². The van der Waals surface area contributed by atoms with Crippen LogP contribution >= 0.6 is 0 Å². The second-order valence-corrected chi connectivity index (χ2v) is 4.63. The summed E-state index contributed by atoms with van der Waals surface area (Å²) in [6.45, 7) is 0. The van der Waals surface area contributed by atoms with Crippen molar-refractivity contribution in [3.63, 3.8) is 0 Å². The van der Waals surface area contributed by atoms with E-state index in [4.69, 9.17) is 9.47 Å². The van der Waals surface area contributed by atoms with Crippen molar-refractivity contribution in [1.29, 1.82) is 0 Å². The highest BCUT2D eigenvalue weighted by Crippen LogP contribution is 2.25. The molecule has 0 saturated carbocycles. The van der Waals surface area contributed by atoms with Crippen molar-refractivity contribution < 1.29 is 32.2 Å². The van der Waals surface area contributed by atoms with Gasteiger partial charge in [-0.1, -0.05) is 0 Å². The molecule has 0 unspecified atom stereocenters. The molecule has 0 bridgehead atoms. The lowest BCUT2D eigenvalue weighted by Crippen LogP contribution is -2.17. The van der Waals surface area contributed by atoms with Crippen LogP contribution in [-0.2, 0) is 0 Å². The smallest absolute Gasteiger partial charge is 0.497 e. The Hall–Kier alpha value is -2.90. The molecule has 2 aromatic carbocycles. The number of anilines is 1. The van der Waals surface area contributed by atoms with E-state index in [1.807, 2.05) is 0 Å². The van der Waals surface area contributed by atoms with Crippen molar-refractivity contribution in [2.24, 2.45) is 0 Å². The number of amides is 1. The Bertz CT molecular complexity index is 692. The van der Waals surface area contributed by atoms with E-state index < -0.39 is 12.3 Å². The lowest BCUT2D eigenvalue weighted by molar-refractivity contribution is -0.274. The Balaban J connectivity index is 2.12. The highest BCUT2D eigenvalue weighted by Gasteiger charge is 2.30. The van der Waals surface area contributed by atoms with Crippen molar-refractivity contribution in [2.45, 2.75) is 6.36 Å². The third-order valence-electron chi connectivity index (χ3n) is 2.96. The van der Waals surface area contributed by atoms with Crippen molar-refractivity contribution in [2.75, 3.05) is 19.5 Å². The maximum atomic E-state index is 12.2. The van der Waals surface area contributed by atoms with Gasteiger partial charge in [0.1, 0.15) is 17.2 Å². The number of rotatable bonds is 5. The van der Waals surface area contributed by atoms with Gasteiger partial charge in [-0.25, -0.2) is 0 Å². The van der Waals surface area contributed by atoms with Gasteiger partial charge < -0.3 is 19.5 Å². The summed E-state index contributed by atoms with van der Waals surface area (Å²) >= 11 is 0. The molecule has 5 nitrogen and oxygen atoms in total. The summed E-state index contributed by atoms with van der Waals surface area (Å²) in [4.78, 5) is 12.2. The number of methoxy groups -OCH3 is 2. The van der Waals surface area contributed by atoms with Gasteiger partial charge in [-0.2, -0.15) is 0 Å². The zero-order valence-electron chi connectivity index (χ0n) is 12.8. The highest BCUT2D eigenvalue weighted by molar-refractivity contribution is 6.04. The number of nitrogens with one attached hydrogen (secondary N) is 1. The Labute approximate surface area is 135 Å². The minimum Gasteiger partial charge on any atom is -0.497 e. The second kappa shape index (κ2) is 7.12. The molecule has 0 heterocycles. The topological polar surface area (TPSA) is 56.8 Å². The number of carbonyl (C=O) groups is 1. The molecule has 1 amide bonds. The lowest BCUT2D eigenvalue weighted by Gasteiger charge is -2.11. The molecule has 2 rings (SSSR count). The van der Waals surface area contributed by atoms with E-state index in [2.05, 4.69) is 10.1 Å². The first-order valence-corrected chi connectivity index (χ1v) is 6.71. The molecule has 0 aromatic heterocycles. The zero-order chi connectivity index (χ0) is 17.7. The molecule has 0 fully saturated rings. The van der Waals surface area contributed by atoms with Crippen molar-refractivity contribution >= 4 is 11.6 Å². The van der Waals surface area contributed by atoms with E-state index in [1.54, 1.807) is 6.07 Å². The fourth-order valence-electron chi connectivity index (χ4n) is 1.88. The molecule has 24 heavy (non-hydrogen) atoms. The molecule has 0 saturated heterocycles.